The van der Waals surface area contributed by atoms with Gasteiger partial charge in [0.05, 0.1) is 18.5 Å². The number of carbonyl (C=O) groups is 2. The van der Waals surface area contributed by atoms with Gasteiger partial charge in [-0.05, 0) is 92.0 Å². The third-order valence-corrected chi connectivity index (χ3v) is 7.33. The zero-order valence-electron chi connectivity index (χ0n) is 26.9. The van der Waals surface area contributed by atoms with Crippen molar-refractivity contribution in [1.82, 2.24) is 19.5 Å². The van der Waals surface area contributed by atoms with Crippen LogP contribution >= 0.6 is 0 Å². The number of amides is 2. The van der Waals surface area contributed by atoms with E-state index in [2.05, 4.69) is 22.2 Å². The third-order valence-electron chi connectivity index (χ3n) is 7.33. The molecule has 1 saturated heterocycles. The molecule has 4 heterocycles. The van der Waals surface area contributed by atoms with Crippen LogP contribution in [0.3, 0.4) is 0 Å². The number of nitrogens with zero attached hydrogens (tertiary/aromatic N) is 6. The number of likely N-dealkylation sites (tertiary alicyclic amines) is 1. The molecule has 0 N–H and O–H groups in total. The summed E-state index contributed by atoms with van der Waals surface area (Å²) in [7, 11) is 0. The van der Waals surface area contributed by atoms with Crippen molar-refractivity contribution in [2.45, 2.75) is 85.0 Å². The van der Waals surface area contributed by atoms with E-state index in [4.69, 9.17) is 19.2 Å². The van der Waals surface area contributed by atoms with Gasteiger partial charge in [-0.3, -0.25) is 0 Å². The van der Waals surface area contributed by atoms with Gasteiger partial charge in [-0.1, -0.05) is 12.2 Å². The third kappa shape index (κ3) is 6.92. The lowest BCUT2D eigenvalue weighted by molar-refractivity contribution is 0.0198. The van der Waals surface area contributed by atoms with E-state index >= 15 is 0 Å². The zero-order valence-corrected chi connectivity index (χ0v) is 26.9. The molecule has 0 aliphatic carbocycles. The van der Waals surface area contributed by atoms with Crippen LogP contribution in [0.5, 0.6) is 5.75 Å². The van der Waals surface area contributed by atoms with E-state index in [1.165, 1.54) is 0 Å². The van der Waals surface area contributed by atoms with Gasteiger partial charge in [-0.25, -0.2) is 19.5 Å². The first-order valence-electron chi connectivity index (χ1n) is 15.4. The second-order valence-corrected chi connectivity index (χ2v) is 13.1. The topological polar surface area (TPSA) is 102 Å². The monoisotopic (exact) mass is 604 g/mol. The van der Waals surface area contributed by atoms with Gasteiger partial charge in [0.2, 0.25) is 0 Å². The number of rotatable bonds is 5. The van der Waals surface area contributed by atoms with Crippen LogP contribution in [0, 0.1) is 0 Å². The fourth-order valence-electron chi connectivity index (χ4n) is 5.58. The minimum atomic E-state index is -0.729. The van der Waals surface area contributed by atoms with Crippen LogP contribution in [0.1, 0.15) is 66.9 Å². The van der Waals surface area contributed by atoms with Crippen LogP contribution in [0.4, 0.5) is 26.9 Å². The Bertz CT molecular complexity index is 1520. The molecule has 0 radical (unpaired) electrons. The number of aromatic nitrogens is 3. The van der Waals surface area contributed by atoms with Gasteiger partial charge in [0, 0.05) is 37.3 Å². The van der Waals surface area contributed by atoms with Gasteiger partial charge >= 0.3 is 12.2 Å². The van der Waals surface area contributed by atoms with Crippen molar-refractivity contribution < 1.29 is 23.8 Å². The Morgan fingerprint density at radius 2 is 1.73 bits per heavy atom. The summed E-state index contributed by atoms with van der Waals surface area (Å²) in [6, 6.07) is 9.22. The van der Waals surface area contributed by atoms with Gasteiger partial charge in [0.15, 0.2) is 11.5 Å². The van der Waals surface area contributed by atoms with Crippen LogP contribution in [0.25, 0.3) is 5.65 Å². The molecule has 0 spiro atoms. The first kappa shape index (κ1) is 31.2. The Kier molecular flexibility index (Phi) is 8.76. The zero-order chi connectivity index (χ0) is 31.6. The number of carbonyl (C=O) groups excluding carboxylic acids is 2. The maximum Gasteiger partial charge on any atom is 0.420 e. The van der Waals surface area contributed by atoms with Crippen LogP contribution in [0.2, 0.25) is 0 Å². The average Bonchev–Trinajstić information content (AvgIpc) is 3.31. The van der Waals surface area contributed by atoms with Gasteiger partial charge in [-0.2, -0.15) is 9.61 Å². The molecule has 1 unspecified atom stereocenters. The van der Waals surface area contributed by atoms with Crippen LogP contribution in [0.15, 0.2) is 48.7 Å². The van der Waals surface area contributed by atoms with Gasteiger partial charge in [-0.15, -0.1) is 0 Å². The van der Waals surface area contributed by atoms with Crippen molar-refractivity contribution in [2.24, 2.45) is 0 Å². The summed E-state index contributed by atoms with van der Waals surface area (Å²) in [5.41, 5.74) is 0.751. The highest BCUT2D eigenvalue weighted by atomic mass is 16.6. The molecule has 0 saturated carbocycles. The number of fused-ring (bicyclic) bond motifs is 2. The molecule has 2 amide bonds. The molecule has 44 heavy (non-hydrogen) atoms. The van der Waals surface area contributed by atoms with E-state index in [1.54, 1.807) is 20.5 Å². The summed E-state index contributed by atoms with van der Waals surface area (Å²) in [6.45, 7) is 15.4. The molecule has 5 rings (SSSR count). The van der Waals surface area contributed by atoms with Crippen molar-refractivity contribution in [2.75, 3.05) is 36.0 Å². The average molecular weight is 605 g/mol. The van der Waals surface area contributed by atoms with E-state index in [1.807, 2.05) is 78.8 Å². The minimum Gasteiger partial charge on any atom is -0.494 e. The molecule has 1 atom stereocenters. The Morgan fingerprint density at radius 3 is 2.41 bits per heavy atom. The molecule has 0 bridgehead atoms. The van der Waals surface area contributed by atoms with Gasteiger partial charge in [0.25, 0.3) is 0 Å². The molecule has 11 nitrogen and oxygen atoms in total. The maximum absolute atomic E-state index is 14.0. The van der Waals surface area contributed by atoms with Crippen molar-refractivity contribution in [3.63, 3.8) is 0 Å². The van der Waals surface area contributed by atoms with Crippen molar-refractivity contribution in [1.29, 1.82) is 0 Å². The fraction of sp³-hybridized carbons (Fsp3) is 0.515. The largest absolute Gasteiger partial charge is 0.494 e. The van der Waals surface area contributed by atoms with Gasteiger partial charge in [0.1, 0.15) is 22.8 Å². The van der Waals surface area contributed by atoms with E-state index in [9.17, 15) is 9.59 Å². The lowest BCUT2D eigenvalue weighted by Crippen LogP contribution is -2.51. The molecule has 236 valence electrons. The molecule has 1 fully saturated rings. The first-order chi connectivity index (χ1) is 20.8. The second-order valence-electron chi connectivity index (χ2n) is 13.1. The molecular formula is C33H44N6O5. The summed E-state index contributed by atoms with van der Waals surface area (Å²) < 4.78 is 19.0. The normalized spacial score (nSPS) is 17.2. The number of anilines is 3. The predicted octanol–water partition coefficient (Wildman–Crippen LogP) is 6.52. The molecule has 2 aliphatic heterocycles. The quantitative estimate of drug-likeness (QED) is 0.304. The number of allylic oxidation sites excluding steroid dienone is 1. The van der Waals surface area contributed by atoms with Crippen molar-refractivity contribution in [3.05, 3.63) is 54.2 Å². The number of hydrogen-bond acceptors (Lipinski definition) is 8. The molecule has 11 heteroatoms. The second kappa shape index (κ2) is 12.4. The minimum absolute atomic E-state index is 0.00365. The number of piperidine rings is 1. The molecule has 1 aromatic carbocycles. The van der Waals surface area contributed by atoms with E-state index < -0.39 is 17.3 Å². The Morgan fingerprint density at radius 1 is 1.00 bits per heavy atom. The number of ether oxygens (including phenoxy) is 3. The van der Waals surface area contributed by atoms with Crippen molar-refractivity contribution >= 4 is 35.2 Å². The Hall–Kier alpha value is -4.28. The highest BCUT2D eigenvalue weighted by Gasteiger charge is 2.36. The Labute approximate surface area is 259 Å². The summed E-state index contributed by atoms with van der Waals surface area (Å²) in [5.74, 6) is 2.03. The smallest absolute Gasteiger partial charge is 0.420 e. The Balaban J connectivity index is 1.62. The maximum atomic E-state index is 14.0. The first-order valence-corrected chi connectivity index (χ1v) is 15.4. The predicted molar refractivity (Wildman–Crippen MR) is 170 cm³/mol. The van der Waals surface area contributed by atoms with Crippen LogP contribution in [-0.4, -0.2) is 75.2 Å². The summed E-state index contributed by atoms with van der Waals surface area (Å²) in [4.78, 5) is 37.8. The fourth-order valence-corrected chi connectivity index (χ4v) is 5.58. The van der Waals surface area contributed by atoms with Crippen molar-refractivity contribution in [3.8, 4) is 5.75 Å². The highest BCUT2D eigenvalue weighted by Crippen LogP contribution is 2.39. The van der Waals surface area contributed by atoms with E-state index in [-0.39, 0.29) is 12.1 Å². The van der Waals surface area contributed by atoms with Crippen LogP contribution in [-0.2, 0) is 15.9 Å². The highest BCUT2D eigenvalue weighted by molar-refractivity contribution is 5.97. The molecule has 3 aromatic rings. The lowest BCUT2D eigenvalue weighted by Gasteiger charge is -2.40. The van der Waals surface area contributed by atoms with E-state index in [0.717, 1.165) is 24.2 Å². The molecule has 2 aliphatic rings. The summed E-state index contributed by atoms with van der Waals surface area (Å²) in [6.07, 6.45) is 7.33. The summed E-state index contributed by atoms with van der Waals surface area (Å²) in [5, 5.41) is 4.60. The van der Waals surface area contributed by atoms with E-state index in [0.29, 0.717) is 55.6 Å². The molecular weight excluding hydrogens is 560 g/mol. The number of hydrogen-bond donors (Lipinski definition) is 0. The molecule has 2 aromatic heterocycles. The summed E-state index contributed by atoms with van der Waals surface area (Å²) >= 11 is 0. The lowest BCUT2D eigenvalue weighted by atomic mass is 10.0. The van der Waals surface area contributed by atoms with Gasteiger partial charge < -0.3 is 24.0 Å². The SMILES string of the molecule is CCOc1ccc(N(C(=O)OC(C)(C)C)c2c3c(nc4ccnn24)N(C2CCCN(C(=O)OC(C)(C)C)C2)CC=CC3)cc1. The number of benzene rings is 1. The standard InChI is InChI=1S/C33H44N6O5/c1-8-42-25-16-14-23(15-17-25)38(31(41)44-33(5,6)7)29-26-13-9-10-21-37(28(26)35-27-18-19-34-39(27)29)24-12-11-20-36(22-24)30(40)43-32(2,3)4/h9-10,14-19,24H,8,11-13,20-22H2,1-7H3. The van der Waals surface area contributed by atoms with Crippen LogP contribution < -0.4 is 14.5 Å².